The molecule has 0 saturated carbocycles. The zero-order valence-electron chi connectivity index (χ0n) is 22.4. The minimum atomic E-state index is -0.284. The molecule has 0 aromatic heterocycles. The lowest BCUT2D eigenvalue weighted by atomic mass is 9.47. The third-order valence-corrected chi connectivity index (χ3v) is 12.7. The van der Waals surface area contributed by atoms with Gasteiger partial charge < -0.3 is 0 Å². The zero-order chi connectivity index (χ0) is 26.4. The third kappa shape index (κ3) is 1.37. The van der Waals surface area contributed by atoms with Crippen LogP contribution in [-0.4, -0.2) is 0 Å². The van der Waals surface area contributed by atoms with Gasteiger partial charge in [-0.05, 0) is 66.8 Å². The van der Waals surface area contributed by atoms with E-state index in [0.717, 1.165) is 0 Å². The van der Waals surface area contributed by atoms with Crippen LogP contribution in [-0.2, 0) is 21.7 Å². The van der Waals surface area contributed by atoms with Crippen molar-refractivity contribution in [2.45, 2.75) is 21.7 Å². The molecule has 0 fully saturated rings. The first-order valence-electron chi connectivity index (χ1n) is 15.0. The van der Waals surface area contributed by atoms with Crippen molar-refractivity contribution in [1.29, 1.82) is 0 Å². The molecule has 1 spiro atoms. The van der Waals surface area contributed by atoms with Crippen LogP contribution in [0.5, 0.6) is 0 Å². The monoisotopic (exact) mass is 516 g/mol. The molecule has 0 amide bonds. The van der Waals surface area contributed by atoms with Gasteiger partial charge in [0.25, 0.3) is 0 Å². The molecule has 0 atom stereocenters. The van der Waals surface area contributed by atoms with E-state index in [1.165, 1.54) is 66.8 Å². The first-order valence-corrected chi connectivity index (χ1v) is 15.0. The van der Waals surface area contributed by atoms with Gasteiger partial charge in [-0.1, -0.05) is 146 Å². The summed E-state index contributed by atoms with van der Waals surface area (Å²) < 4.78 is 0. The van der Waals surface area contributed by atoms with Crippen molar-refractivity contribution in [1.82, 2.24) is 0 Å². The van der Waals surface area contributed by atoms with E-state index in [1.54, 1.807) is 0 Å². The summed E-state index contributed by atoms with van der Waals surface area (Å²) in [6.07, 6.45) is 0. The smallest absolute Gasteiger partial charge is 0.0562 e. The van der Waals surface area contributed by atoms with Crippen LogP contribution in [0.15, 0.2) is 146 Å². The average molecular weight is 517 g/mol. The number of hydrogen-bond acceptors (Lipinski definition) is 0. The SMILES string of the molecule is c1ccc2c(c1)C13c4ccccc4C45c6ccccc6C26c2ccccc2C(c2ccccc21)(c1ccccc14)C365. The van der Waals surface area contributed by atoms with Gasteiger partial charge in [0, 0.05) is 5.41 Å². The highest BCUT2D eigenvalue weighted by molar-refractivity contribution is 5.98. The summed E-state index contributed by atoms with van der Waals surface area (Å²) in [5.41, 5.74) is 16.8. The van der Waals surface area contributed by atoms with Crippen molar-refractivity contribution < 1.29 is 0 Å². The van der Waals surface area contributed by atoms with Crippen LogP contribution in [0.25, 0.3) is 0 Å². The first kappa shape index (κ1) is 20.2. The van der Waals surface area contributed by atoms with Crippen molar-refractivity contribution in [2.24, 2.45) is 5.41 Å². The molecule has 6 aromatic rings. The topological polar surface area (TPSA) is 0 Å². The Labute approximate surface area is 239 Å². The molecule has 0 aliphatic heterocycles. The molecule has 0 heterocycles. The van der Waals surface area contributed by atoms with Gasteiger partial charge >= 0.3 is 0 Å². The van der Waals surface area contributed by atoms with Crippen molar-refractivity contribution in [3.63, 3.8) is 0 Å². The summed E-state index contributed by atoms with van der Waals surface area (Å²) in [5.74, 6) is 0. The molecule has 41 heavy (non-hydrogen) atoms. The quantitative estimate of drug-likeness (QED) is 0.192. The minimum absolute atomic E-state index is 0.228. The van der Waals surface area contributed by atoms with Crippen molar-refractivity contribution in [2.75, 3.05) is 0 Å². The minimum Gasteiger partial charge on any atom is -0.0619 e. The van der Waals surface area contributed by atoms with Crippen molar-refractivity contribution in [3.8, 4) is 0 Å². The van der Waals surface area contributed by atoms with Gasteiger partial charge in [-0.25, -0.2) is 0 Å². The molecule has 6 aliphatic rings. The van der Waals surface area contributed by atoms with Crippen LogP contribution in [0.3, 0.4) is 0 Å². The van der Waals surface area contributed by atoms with E-state index in [2.05, 4.69) is 146 Å². The molecule has 0 N–H and O–H groups in total. The molecule has 0 saturated heterocycles. The van der Waals surface area contributed by atoms with Gasteiger partial charge in [-0.15, -0.1) is 0 Å². The largest absolute Gasteiger partial charge is 0.0619 e. The van der Waals surface area contributed by atoms with E-state index >= 15 is 0 Å². The number of benzene rings is 6. The Balaban J connectivity index is 1.55. The second kappa shape index (κ2) is 5.71. The Bertz CT molecular complexity index is 1690. The zero-order valence-corrected chi connectivity index (χ0v) is 22.4. The Morgan fingerprint density at radius 3 is 0.439 bits per heavy atom. The predicted molar refractivity (Wildman–Crippen MR) is 161 cm³/mol. The second-order valence-electron chi connectivity index (χ2n) is 13.0. The summed E-state index contributed by atoms with van der Waals surface area (Å²) in [5, 5.41) is 0. The van der Waals surface area contributed by atoms with E-state index in [0.29, 0.717) is 0 Å². The van der Waals surface area contributed by atoms with E-state index in [1.807, 2.05) is 0 Å². The fourth-order valence-electron chi connectivity index (χ4n) is 12.7. The van der Waals surface area contributed by atoms with Crippen LogP contribution >= 0.6 is 0 Å². The van der Waals surface area contributed by atoms with E-state index in [-0.39, 0.29) is 27.1 Å². The van der Waals surface area contributed by atoms with E-state index in [4.69, 9.17) is 0 Å². The normalized spacial score (nSPS) is 33.4. The summed E-state index contributed by atoms with van der Waals surface area (Å²) in [6, 6.07) is 57.4. The summed E-state index contributed by atoms with van der Waals surface area (Å²) in [7, 11) is 0. The van der Waals surface area contributed by atoms with Crippen LogP contribution in [0.4, 0.5) is 0 Å². The fourth-order valence-corrected chi connectivity index (χ4v) is 12.7. The lowest BCUT2D eigenvalue weighted by Gasteiger charge is -2.51. The average Bonchev–Trinajstić information content (AvgIpc) is 3.74. The molecule has 0 nitrogen and oxygen atoms in total. The Hall–Kier alpha value is -4.68. The molecule has 6 aliphatic carbocycles. The van der Waals surface area contributed by atoms with Crippen LogP contribution in [0.2, 0.25) is 0 Å². The van der Waals surface area contributed by atoms with Crippen molar-refractivity contribution >= 4 is 0 Å². The highest BCUT2D eigenvalue weighted by atomic mass is 15.0. The molecule has 0 radical (unpaired) electrons. The lowest BCUT2D eigenvalue weighted by Crippen LogP contribution is -2.57. The molecule has 0 unspecified atom stereocenters. The third-order valence-electron chi connectivity index (χ3n) is 12.7. The van der Waals surface area contributed by atoms with Gasteiger partial charge in [0.2, 0.25) is 0 Å². The maximum Gasteiger partial charge on any atom is 0.0562 e. The Morgan fingerprint density at radius 1 is 0.195 bits per heavy atom. The lowest BCUT2D eigenvalue weighted by molar-refractivity contribution is 0.108. The van der Waals surface area contributed by atoms with E-state index < -0.39 is 0 Å². The Kier molecular flexibility index (Phi) is 2.82. The van der Waals surface area contributed by atoms with Crippen LogP contribution in [0, 0.1) is 5.41 Å². The highest BCUT2D eigenvalue weighted by Crippen LogP contribution is 2.99. The van der Waals surface area contributed by atoms with Gasteiger partial charge in [0.1, 0.15) is 0 Å². The molecule has 0 bridgehead atoms. The molecular formula is C41H24. The molecule has 6 aromatic carbocycles. The van der Waals surface area contributed by atoms with E-state index in [9.17, 15) is 0 Å². The highest BCUT2D eigenvalue weighted by Gasteiger charge is 2.99. The molecule has 12 rings (SSSR count). The van der Waals surface area contributed by atoms with Gasteiger partial charge in [-0.3, -0.25) is 0 Å². The molecule has 188 valence electrons. The summed E-state index contributed by atoms with van der Waals surface area (Å²) >= 11 is 0. The number of rotatable bonds is 0. The first-order chi connectivity index (χ1) is 20.4. The Morgan fingerprint density at radius 2 is 0.317 bits per heavy atom. The van der Waals surface area contributed by atoms with Gasteiger partial charge in [0.05, 0.1) is 21.7 Å². The predicted octanol–water partition coefficient (Wildman–Crippen LogP) is 7.99. The maximum absolute atomic E-state index is 2.49. The maximum atomic E-state index is 2.49. The van der Waals surface area contributed by atoms with Crippen LogP contribution < -0.4 is 0 Å². The van der Waals surface area contributed by atoms with Gasteiger partial charge in [0.15, 0.2) is 0 Å². The molecular weight excluding hydrogens is 492 g/mol. The summed E-state index contributed by atoms with van der Waals surface area (Å²) in [6.45, 7) is 0. The summed E-state index contributed by atoms with van der Waals surface area (Å²) in [4.78, 5) is 0. The van der Waals surface area contributed by atoms with Crippen molar-refractivity contribution in [3.05, 3.63) is 212 Å². The second-order valence-corrected chi connectivity index (χ2v) is 13.0. The molecule has 0 heteroatoms. The van der Waals surface area contributed by atoms with Gasteiger partial charge in [-0.2, -0.15) is 0 Å². The standard InChI is InChI=1S/C41H24/c1-2-14-26-25(13-1)37-27-15-3-5-17-29(27)39-33-21-9-7-19-31(33)38(26)32-20-8-10-22-34(32)40(41(37,38)39,30-18-6-4-16-28(30)37)36-24-12-11-23-35(36)39/h1-24H. The number of fused-ring (bicyclic) bond motifs is 6. The number of hydrogen-bond donors (Lipinski definition) is 0. The van der Waals surface area contributed by atoms with Crippen LogP contribution in [0.1, 0.15) is 66.8 Å². The fraction of sp³-hybridized carbons (Fsp3) is 0.122.